The number of hydrogen-bond acceptors (Lipinski definition) is 3. The van der Waals surface area contributed by atoms with E-state index < -0.39 is 0 Å². The second-order valence-electron chi connectivity index (χ2n) is 7.12. The van der Waals surface area contributed by atoms with E-state index in [0.29, 0.717) is 12.1 Å². The number of benzene rings is 1. The highest BCUT2D eigenvalue weighted by atomic mass is 16.1. The Morgan fingerprint density at radius 2 is 2.03 bits per heavy atom. The lowest BCUT2D eigenvalue weighted by Gasteiger charge is -2.11. The van der Waals surface area contributed by atoms with Crippen LogP contribution in [0.15, 0.2) is 53.8 Å². The zero-order valence-corrected chi connectivity index (χ0v) is 17.9. The van der Waals surface area contributed by atoms with Gasteiger partial charge in [-0.3, -0.25) is 9.79 Å². The van der Waals surface area contributed by atoms with Gasteiger partial charge in [-0.05, 0) is 49.6 Å². The Hall–Kier alpha value is -3.35. The minimum Gasteiger partial charge on any atom is -0.357 e. The SMILES string of the molecule is CCNC(=NCCc1cn2cccc(C)c2n1)NCCc1cccc(C(=O)NC)c1. The lowest BCUT2D eigenvalue weighted by atomic mass is 10.1. The molecule has 0 unspecified atom stereocenters. The van der Waals surface area contributed by atoms with Crippen molar-refractivity contribution in [3.63, 3.8) is 0 Å². The monoisotopic (exact) mass is 406 g/mol. The summed E-state index contributed by atoms with van der Waals surface area (Å²) in [6.45, 7) is 6.31. The maximum Gasteiger partial charge on any atom is 0.251 e. The minimum absolute atomic E-state index is 0.0677. The van der Waals surface area contributed by atoms with Crippen LogP contribution < -0.4 is 16.0 Å². The number of nitrogens with zero attached hydrogens (tertiary/aromatic N) is 3. The number of rotatable bonds is 8. The summed E-state index contributed by atoms with van der Waals surface area (Å²) in [5, 5.41) is 9.30. The van der Waals surface area contributed by atoms with Crippen molar-refractivity contribution < 1.29 is 4.79 Å². The van der Waals surface area contributed by atoms with Gasteiger partial charge in [0.1, 0.15) is 5.65 Å². The first kappa shape index (κ1) is 21.4. The molecule has 3 N–H and O–H groups in total. The smallest absolute Gasteiger partial charge is 0.251 e. The van der Waals surface area contributed by atoms with Crippen molar-refractivity contribution in [2.45, 2.75) is 26.7 Å². The molecule has 0 aliphatic carbocycles. The zero-order chi connectivity index (χ0) is 21.3. The number of carbonyl (C=O) groups is 1. The summed E-state index contributed by atoms with van der Waals surface area (Å²) in [5.41, 5.74) is 5.00. The Bertz CT molecular complexity index is 1020. The highest BCUT2D eigenvalue weighted by Gasteiger charge is 2.05. The third-order valence-corrected chi connectivity index (χ3v) is 4.83. The fourth-order valence-corrected chi connectivity index (χ4v) is 3.29. The molecule has 3 aromatic rings. The fourth-order valence-electron chi connectivity index (χ4n) is 3.29. The van der Waals surface area contributed by atoms with Crippen LogP contribution in [0.1, 0.15) is 34.1 Å². The lowest BCUT2D eigenvalue weighted by Crippen LogP contribution is -2.38. The number of nitrogens with one attached hydrogen (secondary N) is 3. The predicted octanol–water partition coefficient (Wildman–Crippen LogP) is 2.34. The molecule has 0 radical (unpaired) electrons. The number of aryl methyl sites for hydroxylation is 1. The highest BCUT2D eigenvalue weighted by Crippen LogP contribution is 2.10. The normalized spacial score (nSPS) is 11.5. The summed E-state index contributed by atoms with van der Waals surface area (Å²) in [7, 11) is 1.64. The number of pyridine rings is 1. The average Bonchev–Trinajstić information content (AvgIpc) is 3.18. The van der Waals surface area contributed by atoms with Crippen molar-refractivity contribution in [1.29, 1.82) is 0 Å². The Kier molecular flexibility index (Phi) is 7.43. The number of carbonyl (C=O) groups excluding carboxylic acids is 1. The highest BCUT2D eigenvalue weighted by molar-refractivity contribution is 5.94. The van der Waals surface area contributed by atoms with Gasteiger partial charge in [0.15, 0.2) is 5.96 Å². The van der Waals surface area contributed by atoms with Gasteiger partial charge in [-0.2, -0.15) is 0 Å². The average molecular weight is 407 g/mol. The van der Waals surface area contributed by atoms with E-state index in [9.17, 15) is 4.79 Å². The van der Waals surface area contributed by atoms with E-state index in [1.165, 1.54) is 5.56 Å². The van der Waals surface area contributed by atoms with Crippen LogP contribution in [0, 0.1) is 6.92 Å². The number of fused-ring (bicyclic) bond motifs is 1. The van der Waals surface area contributed by atoms with E-state index in [4.69, 9.17) is 4.98 Å². The van der Waals surface area contributed by atoms with Crippen molar-refractivity contribution in [1.82, 2.24) is 25.3 Å². The molecule has 0 aliphatic rings. The quantitative estimate of drug-likeness (QED) is 0.396. The maximum absolute atomic E-state index is 11.8. The van der Waals surface area contributed by atoms with Crippen LogP contribution in [0.5, 0.6) is 0 Å². The Labute approximate surface area is 177 Å². The van der Waals surface area contributed by atoms with Gasteiger partial charge in [0.2, 0.25) is 0 Å². The molecule has 0 bridgehead atoms. The summed E-state index contributed by atoms with van der Waals surface area (Å²) < 4.78 is 2.06. The molecule has 2 aromatic heterocycles. The molecular weight excluding hydrogens is 376 g/mol. The van der Waals surface area contributed by atoms with E-state index in [-0.39, 0.29) is 5.91 Å². The van der Waals surface area contributed by atoms with Crippen LogP contribution in [-0.2, 0) is 12.8 Å². The van der Waals surface area contributed by atoms with Crippen LogP contribution in [0.3, 0.4) is 0 Å². The molecule has 0 saturated carbocycles. The van der Waals surface area contributed by atoms with Crippen molar-refractivity contribution in [2.75, 3.05) is 26.7 Å². The van der Waals surface area contributed by atoms with E-state index >= 15 is 0 Å². The summed E-state index contributed by atoms with van der Waals surface area (Å²) in [4.78, 5) is 21.2. The zero-order valence-electron chi connectivity index (χ0n) is 17.9. The third-order valence-electron chi connectivity index (χ3n) is 4.83. The Balaban J connectivity index is 1.54. The standard InChI is InChI=1S/C23H30N6O/c1-4-25-23(26-12-10-18-8-5-9-19(15-18)22(30)24-3)27-13-11-20-16-29-14-6-7-17(2)21(29)28-20/h5-9,14-16H,4,10-13H2,1-3H3,(H,24,30)(H2,25,26,27). The Morgan fingerprint density at radius 1 is 1.17 bits per heavy atom. The first-order valence-corrected chi connectivity index (χ1v) is 10.4. The molecule has 0 atom stereocenters. The van der Waals surface area contributed by atoms with E-state index in [1.54, 1.807) is 7.05 Å². The number of aromatic nitrogens is 2. The van der Waals surface area contributed by atoms with Gasteiger partial charge in [-0.1, -0.05) is 18.2 Å². The van der Waals surface area contributed by atoms with Gasteiger partial charge in [-0.15, -0.1) is 0 Å². The summed E-state index contributed by atoms with van der Waals surface area (Å²) in [6.07, 6.45) is 5.68. The topological polar surface area (TPSA) is 82.8 Å². The first-order valence-electron chi connectivity index (χ1n) is 10.4. The first-order chi connectivity index (χ1) is 14.6. The predicted molar refractivity (Wildman–Crippen MR) is 121 cm³/mol. The maximum atomic E-state index is 11.8. The molecule has 0 saturated heterocycles. The molecule has 0 spiro atoms. The second-order valence-corrected chi connectivity index (χ2v) is 7.12. The molecule has 2 heterocycles. The van der Waals surface area contributed by atoms with Gasteiger partial charge < -0.3 is 20.4 Å². The van der Waals surface area contributed by atoms with Crippen LogP contribution in [-0.4, -0.2) is 47.9 Å². The summed E-state index contributed by atoms with van der Waals surface area (Å²) in [6, 6.07) is 11.8. The van der Waals surface area contributed by atoms with Gasteiger partial charge >= 0.3 is 0 Å². The van der Waals surface area contributed by atoms with Crippen molar-refractivity contribution in [3.05, 3.63) is 71.2 Å². The van der Waals surface area contributed by atoms with Crippen molar-refractivity contribution in [3.8, 4) is 0 Å². The molecule has 1 amide bonds. The summed E-state index contributed by atoms with van der Waals surface area (Å²) in [5.74, 6) is 0.724. The van der Waals surface area contributed by atoms with Crippen LogP contribution in [0.4, 0.5) is 0 Å². The van der Waals surface area contributed by atoms with Gasteiger partial charge in [-0.25, -0.2) is 4.98 Å². The van der Waals surface area contributed by atoms with Gasteiger partial charge in [0.05, 0.1) is 5.69 Å². The van der Waals surface area contributed by atoms with E-state index in [1.807, 2.05) is 36.5 Å². The molecule has 3 rings (SSSR count). The minimum atomic E-state index is -0.0677. The van der Waals surface area contributed by atoms with Crippen LogP contribution in [0.2, 0.25) is 0 Å². The summed E-state index contributed by atoms with van der Waals surface area (Å²) >= 11 is 0. The molecule has 30 heavy (non-hydrogen) atoms. The molecule has 7 heteroatoms. The number of imidazole rings is 1. The van der Waals surface area contributed by atoms with Crippen molar-refractivity contribution >= 4 is 17.5 Å². The van der Waals surface area contributed by atoms with Gasteiger partial charge in [0.25, 0.3) is 5.91 Å². The molecular formula is C23H30N6O. The molecule has 0 fully saturated rings. The Morgan fingerprint density at radius 3 is 2.80 bits per heavy atom. The van der Waals surface area contributed by atoms with E-state index in [2.05, 4.69) is 51.5 Å². The number of guanidine groups is 1. The molecule has 7 nitrogen and oxygen atoms in total. The van der Waals surface area contributed by atoms with Crippen molar-refractivity contribution in [2.24, 2.45) is 4.99 Å². The lowest BCUT2D eigenvalue weighted by molar-refractivity contribution is 0.0963. The van der Waals surface area contributed by atoms with Crippen LogP contribution >= 0.6 is 0 Å². The van der Waals surface area contributed by atoms with Gasteiger partial charge in [0, 0.05) is 51.1 Å². The third kappa shape index (κ3) is 5.59. The molecule has 1 aromatic carbocycles. The molecule has 0 aliphatic heterocycles. The number of hydrogen-bond donors (Lipinski definition) is 3. The van der Waals surface area contributed by atoms with E-state index in [0.717, 1.165) is 48.8 Å². The number of amides is 1. The number of aliphatic imine (C=N–C) groups is 1. The fraction of sp³-hybridized carbons (Fsp3) is 0.348. The second kappa shape index (κ2) is 10.4. The molecule has 158 valence electrons. The van der Waals surface area contributed by atoms with Crippen LogP contribution in [0.25, 0.3) is 5.65 Å². The largest absolute Gasteiger partial charge is 0.357 e.